The summed E-state index contributed by atoms with van der Waals surface area (Å²) in [7, 11) is -2.96. The fourth-order valence-electron chi connectivity index (χ4n) is 2.21. The van der Waals surface area contributed by atoms with Gasteiger partial charge in [0.2, 0.25) is 0 Å². The quantitative estimate of drug-likeness (QED) is 0.702. The second-order valence-electron chi connectivity index (χ2n) is 4.94. The number of halogens is 1. The number of carbonyl (C=O) groups excluding carboxylic acids is 1. The number of hydrogen-bond acceptors (Lipinski definition) is 6. The molecule has 0 saturated carbocycles. The Bertz CT molecular complexity index is 1070. The molecule has 0 bridgehead atoms. The first kappa shape index (κ1) is 17.1. The summed E-state index contributed by atoms with van der Waals surface area (Å²) in [5.74, 6) is -0.892. The number of para-hydroxylation sites is 2. The van der Waals surface area contributed by atoms with Crippen LogP contribution >= 0.6 is 11.6 Å². The smallest absolute Gasteiger partial charge is 0.339 e. The van der Waals surface area contributed by atoms with Gasteiger partial charge >= 0.3 is 5.97 Å². The van der Waals surface area contributed by atoms with Gasteiger partial charge in [0, 0.05) is 0 Å². The number of hydrogen-bond donors (Lipinski definition) is 1. The van der Waals surface area contributed by atoms with Crippen LogP contribution in [0.25, 0.3) is 11.0 Å². The standard InChI is InChI=1S/C16H12ClN3O4S/c1-24-16(21)10-6-2-5-9-13(10)25(22,23)20-15-14(17)18-11-7-3-4-8-12(11)19-15/h2-9H,1H3,(H,19,20). The Morgan fingerprint density at radius 2 is 1.64 bits per heavy atom. The van der Waals surface area contributed by atoms with Crippen molar-refractivity contribution in [2.75, 3.05) is 11.8 Å². The van der Waals surface area contributed by atoms with Gasteiger partial charge in [0.25, 0.3) is 10.0 Å². The molecule has 0 spiro atoms. The van der Waals surface area contributed by atoms with Gasteiger partial charge < -0.3 is 4.74 Å². The van der Waals surface area contributed by atoms with E-state index in [0.717, 1.165) is 0 Å². The zero-order valence-electron chi connectivity index (χ0n) is 12.9. The molecule has 7 nitrogen and oxygen atoms in total. The van der Waals surface area contributed by atoms with Gasteiger partial charge in [-0.3, -0.25) is 4.72 Å². The van der Waals surface area contributed by atoms with Gasteiger partial charge in [0.1, 0.15) is 4.90 Å². The van der Waals surface area contributed by atoms with Gasteiger partial charge in [0.05, 0.1) is 23.7 Å². The topological polar surface area (TPSA) is 98.2 Å². The average Bonchev–Trinajstić information content (AvgIpc) is 2.61. The van der Waals surface area contributed by atoms with E-state index < -0.39 is 16.0 Å². The molecular formula is C16H12ClN3O4S. The third-order valence-electron chi connectivity index (χ3n) is 3.34. The molecule has 3 rings (SSSR count). The molecule has 0 atom stereocenters. The minimum absolute atomic E-state index is 0.0950. The average molecular weight is 378 g/mol. The number of benzene rings is 2. The monoisotopic (exact) mass is 377 g/mol. The second kappa shape index (κ2) is 6.66. The van der Waals surface area contributed by atoms with Crippen LogP contribution in [0.1, 0.15) is 10.4 Å². The number of ether oxygens (including phenoxy) is 1. The van der Waals surface area contributed by atoms with Crippen LogP contribution in [0.5, 0.6) is 0 Å². The number of esters is 1. The molecule has 0 fully saturated rings. The maximum Gasteiger partial charge on any atom is 0.339 e. The van der Waals surface area contributed by atoms with Crippen LogP contribution in [-0.2, 0) is 14.8 Å². The molecule has 0 saturated heterocycles. The molecule has 25 heavy (non-hydrogen) atoms. The lowest BCUT2D eigenvalue weighted by Gasteiger charge is -2.11. The molecule has 3 aromatic rings. The van der Waals surface area contributed by atoms with Crippen LogP contribution < -0.4 is 4.72 Å². The SMILES string of the molecule is COC(=O)c1ccccc1S(=O)(=O)Nc1nc2ccccc2nc1Cl. The summed E-state index contributed by atoms with van der Waals surface area (Å²) in [6.07, 6.45) is 0. The van der Waals surface area contributed by atoms with Crippen molar-refractivity contribution in [3.63, 3.8) is 0 Å². The Labute approximate surface area is 148 Å². The van der Waals surface area contributed by atoms with Crippen LogP contribution in [0, 0.1) is 0 Å². The third kappa shape index (κ3) is 3.40. The molecule has 0 unspecified atom stereocenters. The highest BCUT2D eigenvalue weighted by Crippen LogP contribution is 2.25. The number of aromatic nitrogens is 2. The Balaban J connectivity index is 2.06. The largest absolute Gasteiger partial charge is 0.465 e. The van der Waals surface area contributed by atoms with E-state index in [9.17, 15) is 13.2 Å². The molecule has 1 heterocycles. The number of nitrogens with one attached hydrogen (secondary N) is 1. The summed E-state index contributed by atoms with van der Waals surface area (Å²) in [4.78, 5) is 19.9. The lowest BCUT2D eigenvalue weighted by molar-refractivity contribution is 0.0596. The highest BCUT2D eigenvalue weighted by molar-refractivity contribution is 7.92. The van der Waals surface area contributed by atoms with Crippen molar-refractivity contribution in [2.24, 2.45) is 0 Å². The Morgan fingerprint density at radius 1 is 1.04 bits per heavy atom. The third-order valence-corrected chi connectivity index (χ3v) is 5.00. The van der Waals surface area contributed by atoms with E-state index in [2.05, 4.69) is 19.4 Å². The van der Waals surface area contributed by atoms with Crippen molar-refractivity contribution < 1.29 is 17.9 Å². The zero-order chi connectivity index (χ0) is 18.0. The molecule has 0 amide bonds. The molecule has 0 aliphatic rings. The molecule has 0 aliphatic carbocycles. The highest BCUT2D eigenvalue weighted by atomic mass is 35.5. The molecule has 9 heteroatoms. The first-order valence-electron chi connectivity index (χ1n) is 7.05. The predicted octanol–water partition coefficient (Wildman–Crippen LogP) is 2.87. The van der Waals surface area contributed by atoms with Gasteiger partial charge in [-0.1, -0.05) is 35.9 Å². The normalized spacial score (nSPS) is 11.3. The van der Waals surface area contributed by atoms with Crippen molar-refractivity contribution in [1.29, 1.82) is 0 Å². The predicted molar refractivity (Wildman–Crippen MR) is 93.1 cm³/mol. The van der Waals surface area contributed by atoms with Crippen LogP contribution in [-0.4, -0.2) is 31.5 Å². The van der Waals surface area contributed by atoms with Gasteiger partial charge in [-0.05, 0) is 24.3 Å². The summed E-state index contributed by atoms with van der Waals surface area (Å²) < 4.78 is 32.3. The second-order valence-corrected chi connectivity index (χ2v) is 6.95. The fourth-order valence-corrected chi connectivity index (χ4v) is 3.65. The number of fused-ring (bicyclic) bond motifs is 1. The van der Waals surface area contributed by atoms with E-state index in [1.54, 1.807) is 24.3 Å². The molecule has 1 N–H and O–H groups in total. The summed E-state index contributed by atoms with van der Waals surface area (Å²) in [6.45, 7) is 0. The Morgan fingerprint density at radius 3 is 2.32 bits per heavy atom. The summed E-state index contributed by atoms with van der Waals surface area (Å²) in [5, 5.41) is -0.0992. The molecule has 0 aliphatic heterocycles. The van der Waals surface area contributed by atoms with Crippen molar-refractivity contribution in [2.45, 2.75) is 4.90 Å². The van der Waals surface area contributed by atoms with Gasteiger partial charge in [-0.2, -0.15) is 0 Å². The number of rotatable bonds is 4. The van der Waals surface area contributed by atoms with E-state index in [-0.39, 0.29) is 21.4 Å². The Hall–Kier alpha value is -2.71. The zero-order valence-corrected chi connectivity index (χ0v) is 14.5. The summed E-state index contributed by atoms with van der Waals surface area (Å²) in [5.41, 5.74) is 0.915. The maximum atomic E-state index is 12.7. The number of carbonyl (C=O) groups is 1. The first-order valence-corrected chi connectivity index (χ1v) is 8.91. The van der Waals surface area contributed by atoms with Crippen LogP contribution in [0.2, 0.25) is 5.15 Å². The molecule has 2 aromatic carbocycles. The van der Waals surface area contributed by atoms with Gasteiger partial charge in [-0.25, -0.2) is 23.2 Å². The molecule has 1 aromatic heterocycles. The van der Waals surface area contributed by atoms with E-state index in [1.165, 1.54) is 31.4 Å². The van der Waals surface area contributed by atoms with Crippen molar-refractivity contribution in [1.82, 2.24) is 9.97 Å². The van der Waals surface area contributed by atoms with Crippen molar-refractivity contribution in [3.8, 4) is 0 Å². The summed E-state index contributed by atoms with van der Waals surface area (Å²) >= 11 is 6.03. The highest BCUT2D eigenvalue weighted by Gasteiger charge is 2.24. The van der Waals surface area contributed by atoms with Crippen LogP contribution in [0.3, 0.4) is 0 Å². The molecular weight excluding hydrogens is 366 g/mol. The molecule has 0 radical (unpaired) electrons. The van der Waals surface area contributed by atoms with Crippen LogP contribution in [0.4, 0.5) is 5.82 Å². The van der Waals surface area contributed by atoms with Crippen molar-refractivity contribution >= 4 is 44.4 Å². The summed E-state index contributed by atoms with van der Waals surface area (Å²) in [6, 6.07) is 12.6. The fraction of sp³-hybridized carbons (Fsp3) is 0.0625. The van der Waals surface area contributed by atoms with E-state index in [0.29, 0.717) is 11.0 Å². The van der Waals surface area contributed by atoms with Crippen molar-refractivity contribution in [3.05, 3.63) is 59.2 Å². The lowest BCUT2D eigenvalue weighted by atomic mass is 10.2. The van der Waals surface area contributed by atoms with E-state index >= 15 is 0 Å². The minimum Gasteiger partial charge on any atom is -0.465 e. The Kier molecular flexibility index (Phi) is 4.56. The van der Waals surface area contributed by atoms with E-state index in [1.807, 2.05) is 0 Å². The number of anilines is 1. The van der Waals surface area contributed by atoms with Crippen LogP contribution in [0.15, 0.2) is 53.4 Å². The molecule has 128 valence electrons. The number of methoxy groups -OCH3 is 1. The lowest BCUT2D eigenvalue weighted by Crippen LogP contribution is -2.18. The van der Waals surface area contributed by atoms with E-state index in [4.69, 9.17) is 11.6 Å². The van der Waals surface area contributed by atoms with Gasteiger partial charge in [0.15, 0.2) is 11.0 Å². The number of nitrogens with zero attached hydrogens (tertiary/aromatic N) is 2. The van der Waals surface area contributed by atoms with Gasteiger partial charge in [-0.15, -0.1) is 0 Å². The minimum atomic E-state index is -4.13. The number of sulfonamides is 1. The maximum absolute atomic E-state index is 12.7. The first-order chi connectivity index (χ1) is 11.9.